The van der Waals surface area contributed by atoms with Gasteiger partial charge in [0.2, 0.25) is 0 Å². The molecule has 2 atom stereocenters. The molecular formula is C15H22N2OS. The predicted octanol–water partition coefficient (Wildman–Crippen LogP) is 3.67. The molecule has 2 heterocycles. The van der Waals surface area contributed by atoms with E-state index in [0.29, 0.717) is 12.5 Å². The van der Waals surface area contributed by atoms with Gasteiger partial charge in [-0.15, -0.1) is 11.3 Å². The summed E-state index contributed by atoms with van der Waals surface area (Å²) in [6, 6.07) is 6.46. The molecule has 0 radical (unpaired) electrons. The largest absolute Gasteiger partial charge is 0.384 e. The summed E-state index contributed by atoms with van der Waals surface area (Å²) in [5, 5.41) is 15.2. The van der Waals surface area contributed by atoms with Crippen molar-refractivity contribution in [1.29, 1.82) is 0 Å². The molecule has 0 aliphatic heterocycles. The molecule has 0 amide bonds. The Hall–Kier alpha value is -1.13. The van der Waals surface area contributed by atoms with Gasteiger partial charge in [0.05, 0.1) is 5.69 Å². The fourth-order valence-corrected chi connectivity index (χ4v) is 2.98. The van der Waals surface area contributed by atoms with Gasteiger partial charge in [0.25, 0.3) is 0 Å². The summed E-state index contributed by atoms with van der Waals surface area (Å²) >= 11 is 1.65. The van der Waals surface area contributed by atoms with Crippen molar-refractivity contribution in [3.63, 3.8) is 0 Å². The molecule has 19 heavy (non-hydrogen) atoms. The molecule has 0 bridgehead atoms. The van der Waals surface area contributed by atoms with Gasteiger partial charge < -0.3 is 5.11 Å². The van der Waals surface area contributed by atoms with E-state index in [1.807, 2.05) is 36.0 Å². The van der Waals surface area contributed by atoms with Crippen molar-refractivity contribution in [3.05, 3.63) is 39.8 Å². The Morgan fingerprint density at radius 3 is 2.74 bits per heavy atom. The van der Waals surface area contributed by atoms with Crippen LogP contribution in [-0.4, -0.2) is 14.9 Å². The average Bonchev–Trinajstić information content (AvgIpc) is 2.97. The minimum Gasteiger partial charge on any atom is -0.384 e. The van der Waals surface area contributed by atoms with Gasteiger partial charge in [0.15, 0.2) is 0 Å². The van der Waals surface area contributed by atoms with Crippen LogP contribution in [0.2, 0.25) is 0 Å². The number of nitrogens with zero attached hydrogens (tertiary/aromatic N) is 2. The number of aliphatic hydroxyl groups is 1. The lowest BCUT2D eigenvalue weighted by Gasteiger charge is -2.20. The summed E-state index contributed by atoms with van der Waals surface area (Å²) in [7, 11) is 0. The molecule has 2 rings (SSSR count). The van der Waals surface area contributed by atoms with Crippen LogP contribution in [0, 0.1) is 6.92 Å². The smallest absolute Gasteiger partial charge is 0.102 e. The molecule has 0 fully saturated rings. The highest BCUT2D eigenvalue weighted by Gasteiger charge is 2.26. The van der Waals surface area contributed by atoms with Crippen LogP contribution in [0.15, 0.2) is 24.4 Å². The highest BCUT2D eigenvalue weighted by atomic mass is 32.1. The lowest BCUT2D eigenvalue weighted by Crippen LogP contribution is -2.23. The van der Waals surface area contributed by atoms with Gasteiger partial charge in [0.1, 0.15) is 5.60 Å². The van der Waals surface area contributed by atoms with Crippen molar-refractivity contribution in [3.8, 4) is 0 Å². The fourth-order valence-electron chi connectivity index (χ4n) is 2.07. The van der Waals surface area contributed by atoms with Gasteiger partial charge in [-0.25, -0.2) is 0 Å². The van der Waals surface area contributed by atoms with Gasteiger partial charge in [-0.05, 0) is 45.4 Å². The van der Waals surface area contributed by atoms with E-state index >= 15 is 0 Å². The van der Waals surface area contributed by atoms with Gasteiger partial charge >= 0.3 is 0 Å². The summed E-state index contributed by atoms with van der Waals surface area (Å²) in [6.07, 6.45) is 3.61. The van der Waals surface area contributed by atoms with E-state index in [9.17, 15) is 5.11 Å². The quantitative estimate of drug-likeness (QED) is 0.906. The number of hydrogen-bond donors (Lipinski definition) is 1. The fraction of sp³-hybridized carbons (Fsp3) is 0.533. The highest BCUT2D eigenvalue weighted by molar-refractivity contribution is 7.12. The maximum absolute atomic E-state index is 10.6. The summed E-state index contributed by atoms with van der Waals surface area (Å²) in [6.45, 7) is 8.22. The first-order valence-electron chi connectivity index (χ1n) is 6.75. The Morgan fingerprint density at radius 2 is 2.16 bits per heavy atom. The van der Waals surface area contributed by atoms with Crippen molar-refractivity contribution in [2.45, 2.75) is 52.2 Å². The molecule has 0 spiro atoms. The molecule has 104 valence electrons. The maximum Gasteiger partial charge on any atom is 0.102 e. The van der Waals surface area contributed by atoms with Crippen LogP contribution >= 0.6 is 11.3 Å². The minimum absolute atomic E-state index is 0.405. The topological polar surface area (TPSA) is 38.0 Å². The highest BCUT2D eigenvalue weighted by Crippen LogP contribution is 2.30. The van der Waals surface area contributed by atoms with Gasteiger partial charge in [-0.2, -0.15) is 5.10 Å². The van der Waals surface area contributed by atoms with Crippen molar-refractivity contribution >= 4 is 11.3 Å². The van der Waals surface area contributed by atoms with E-state index in [1.165, 1.54) is 4.88 Å². The van der Waals surface area contributed by atoms with Gasteiger partial charge in [-0.1, -0.05) is 6.92 Å². The first-order chi connectivity index (χ1) is 8.92. The van der Waals surface area contributed by atoms with Crippen LogP contribution < -0.4 is 0 Å². The Labute approximate surface area is 118 Å². The summed E-state index contributed by atoms with van der Waals surface area (Å²) in [5.41, 5.74) is 0.101. The second-order valence-corrected chi connectivity index (χ2v) is 6.69. The van der Waals surface area contributed by atoms with E-state index in [2.05, 4.69) is 25.9 Å². The number of rotatable bonds is 5. The third-order valence-electron chi connectivity index (χ3n) is 3.50. The zero-order valence-corrected chi connectivity index (χ0v) is 12.9. The van der Waals surface area contributed by atoms with Crippen LogP contribution in [0.25, 0.3) is 0 Å². The van der Waals surface area contributed by atoms with Crippen molar-refractivity contribution in [1.82, 2.24) is 9.78 Å². The number of thiophene rings is 1. The molecule has 1 N–H and O–H groups in total. The van der Waals surface area contributed by atoms with Crippen LogP contribution in [0.5, 0.6) is 0 Å². The monoisotopic (exact) mass is 278 g/mol. The number of hydrogen-bond acceptors (Lipinski definition) is 3. The normalized spacial score (nSPS) is 16.3. The minimum atomic E-state index is -0.840. The predicted molar refractivity (Wildman–Crippen MR) is 79.6 cm³/mol. The molecule has 0 aromatic carbocycles. The van der Waals surface area contributed by atoms with E-state index in [4.69, 9.17) is 0 Å². The molecule has 0 aliphatic rings. The number of aromatic nitrogens is 2. The second kappa shape index (κ2) is 5.47. The van der Waals surface area contributed by atoms with Crippen molar-refractivity contribution < 1.29 is 5.11 Å². The molecule has 2 aromatic rings. The Morgan fingerprint density at radius 1 is 1.42 bits per heavy atom. The molecule has 2 aromatic heterocycles. The second-order valence-electron chi connectivity index (χ2n) is 5.41. The van der Waals surface area contributed by atoms with Gasteiger partial charge in [0, 0.05) is 28.4 Å². The van der Waals surface area contributed by atoms with E-state index in [-0.39, 0.29) is 0 Å². The molecule has 0 saturated heterocycles. The average molecular weight is 278 g/mol. The molecule has 4 heteroatoms. The standard InChI is InChI=1S/C15H22N2OS/c1-5-11(2)17-9-8-13(16-17)10-15(4,18)14-7-6-12(3)19-14/h6-9,11,18H,5,10H2,1-4H3. The van der Waals surface area contributed by atoms with Crippen molar-refractivity contribution in [2.24, 2.45) is 0 Å². The van der Waals surface area contributed by atoms with Crippen LogP contribution in [0.1, 0.15) is 48.7 Å². The molecule has 2 unspecified atom stereocenters. The van der Waals surface area contributed by atoms with E-state index in [0.717, 1.165) is 17.0 Å². The lowest BCUT2D eigenvalue weighted by molar-refractivity contribution is 0.0602. The van der Waals surface area contributed by atoms with Crippen LogP contribution in [0.4, 0.5) is 0 Å². The van der Waals surface area contributed by atoms with Crippen LogP contribution in [-0.2, 0) is 12.0 Å². The molecule has 0 saturated carbocycles. The lowest BCUT2D eigenvalue weighted by atomic mass is 9.98. The maximum atomic E-state index is 10.6. The summed E-state index contributed by atoms with van der Waals surface area (Å²) in [5.74, 6) is 0. The van der Waals surface area contributed by atoms with E-state index < -0.39 is 5.60 Å². The number of aryl methyl sites for hydroxylation is 1. The third-order valence-corrected chi connectivity index (χ3v) is 4.76. The Bertz CT molecular complexity index is 542. The first-order valence-corrected chi connectivity index (χ1v) is 7.57. The Kier molecular flexibility index (Phi) is 4.11. The zero-order chi connectivity index (χ0) is 14.0. The summed E-state index contributed by atoms with van der Waals surface area (Å²) in [4.78, 5) is 2.23. The molecule has 0 aliphatic carbocycles. The Balaban J connectivity index is 2.14. The molecule has 3 nitrogen and oxygen atoms in total. The SMILES string of the molecule is CCC(C)n1ccc(CC(C)(O)c2ccc(C)s2)n1. The first kappa shape index (κ1) is 14.3. The van der Waals surface area contributed by atoms with Crippen molar-refractivity contribution in [2.75, 3.05) is 0 Å². The molecular weight excluding hydrogens is 256 g/mol. The zero-order valence-electron chi connectivity index (χ0n) is 12.1. The van der Waals surface area contributed by atoms with Crippen LogP contribution in [0.3, 0.4) is 0 Å². The summed E-state index contributed by atoms with van der Waals surface area (Å²) < 4.78 is 1.98. The van der Waals surface area contributed by atoms with E-state index in [1.54, 1.807) is 11.3 Å². The van der Waals surface area contributed by atoms with Gasteiger partial charge in [-0.3, -0.25) is 4.68 Å². The third kappa shape index (κ3) is 3.25.